The first kappa shape index (κ1) is 20.7. The minimum Gasteiger partial charge on any atom is -0.406 e. The minimum atomic E-state index is -4.81. The molecule has 0 saturated heterocycles. The van der Waals surface area contributed by atoms with Crippen LogP contribution < -0.4 is 9.46 Å². The van der Waals surface area contributed by atoms with Crippen LogP contribution in [0.25, 0.3) is 0 Å². The highest BCUT2D eigenvalue weighted by Crippen LogP contribution is 2.23. The maximum absolute atomic E-state index is 12.2. The van der Waals surface area contributed by atoms with Gasteiger partial charge in [-0.1, -0.05) is 0 Å². The van der Waals surface area contributed by atoms with E-state index in [1.807, 2.05) is 27.7 Å². The largest absolute Gasteiger partial charge is 0.573 e. The predicted octanol–water partition coefficient (Wildman–Crippen LogP) is 2.98. The zero-order valence-corrected chi connectivity index (χ0v) is 14.9. The van der Waals surface area contributed by atoms with Crippen LogP contribution in [0.4, 0.5) is 13.2 Å². The zero-order chi connectivity index (χ0) is 18.5. The van der Waals surface area contributed by atoms with Crippen LogP contribution in [-0.2, 0) is 10.0 Å². The lowest BCUT2D eigenvalue weighted by Gasteiger charge is -2.30. The summed E-state index contributed by atoms with van der Waals surface area (Å²) in [5, 5.41) is 0. The number of benzene rings is 1. The van der Waals surface area contributed by atoms with Gasteiger partial charge in [-0.3, -0.25) is 4.90 Å². The Labute approximate surface area is 140 Å². The highest BCUT2D eigenvalue weighted by atomic mass is 32.2. The average molecular weight is 368 g/mol. The Hall–Kier alpha value is -1.32. The quantitative estimate of drug-likeness (QED) is 0.766. The second-order valence-electron chi connectivity index (χ2n) is 5.84. The van der Waals surface area contributed by atoms with Gasteiger partial charge in [-0.05, 0) is 52.0 Å². The topological polar surface area (TPSA) is 58.6 Å². The van der Waals surface area contributed by atoms with Crippen LogP contribution in [0.5, 0.6) is 5.75 Å². The van der Waals surface area contributed by atoms with Crippen molar-refractivity contribution in [3.05, 3.63) is 24.3 Å². The molecule has 1 N–H and O–H groups in total. The van der Waals surface area contributed by atoms with Crippen molar-refractivity contribution in [2.75, 3.05) is 13.1 Å². The van der Waals surface area contributed by atoms with Crippen molar-refractivity contribution < 1.29 is 26.3 Å². The summed E-state index contributed by atoms with van der Waals surface area (Å²) < 4.78 is 66.8. The van der Waals surface area contributed by atoms with Crippen molar-refractivity contribution in [1.29, 1.82) is 0 Å². The number of rotatable bonds is 8. The summed E-state index contributed by atoms with van der Waals surface area (Å²) in [6, 6.07) is 4.63. The van der Waals surface area contributed by atoms with Crippen LogP contribution in [0.1, 0.15) is 27.7 Å². The minimum absolute atomic E-state index is 0.113. The Bertz CT molecular complexity index is 606. The first-order chi connectivity index (χ1) is 10.9. The first-order valence-corrected chi connectivity index (χ1v) is 9.02. The highest BCUT2D eigenvalue weighted by Gasteiger charge is 2.31. The highest BCUT2D eigenvalue weighted by molar-refractivity contribution is 7.89. The van der Waals surface area contributed by atoms with Gasteiger partial charge in [0, 0.05) is 25.2 Å². The molecule has 0 amide bonds. The van der Waals surface area contributed by atoms with E-state index in [2.05, 4.69) is 14.4 Å². The second-order valence-corrected chi connectivity index (χ2v) is 7.61. The molecule has 0 aliphatic carbocycles. The molecule has 24 heavy (non-hydrogen) atoms. The molecule has 1 aromatic rings. The number of ether oxygens (including phenoxy) is 1. The molecule has 0 spiro atoms. The van der Waals surface area contributed by atoms with E-state index in [0.29, 0.717) is 6.54 Å². The van der Waals surface area contributed by atoms with Gasteiger partial charge in [0.05, 0.1) is 4.90 Å². The molecular weight excluding hydrogens is 345 g/mol. The summed E-state index contributed by atoms with van der Waals surface area (Å²) in [6.07, 6.45) is -4.81. The number of sulfonamides is 1. The summed E-state index contributed by atoms with van der Waals surface area (Å²) in [6.45, 7) is 8.83. The van der Waals surface area contributed by atoms with Gasteiger partial charge in [-0.15, -0.1) is 13.2 Å². The summed E-state index contributed by atoms with van der Waals surface area (Å²) in [7, 11) is -3.78. The Morgan fingerprint density at radius 2 is 1.58 bits per heavy atom. The smallest absolute Gasteiger partial charge is 0.406 e. The van der Waals surface area contributed by atoms with E-state index in [-0.39, 0.29) is 23.5 Å². The van der Waals surface area contributed by atoms with Crippen LogP contribution in [0.15, 0.2) is 29.2 Å². The summed E-state index contributed by atoms with van der Waals surface area (Å²) in [4.78, 5) is 2.01. The standard InChI is InChI=1S/C15H23F3N2O3S/c1-11(2)20(12(3)4)10-9-19-24(21,22)14-7-5-13(6-8-14)23-15(16,17)18/h5-8,11-12,19H,9-10H2,1-4H3. The zero-order valence-electron chi connectivity index (χ0n) is 14.1. The van der Waals surface area contributed by atoms with Gasteiger partial charge in [-0.25, -0.2) is 13.1 Å². The summed E-state index contributed by atoms with van der Waals surface area (Å²) >= 11 is 0. The van der Waals surface area contributed by atoms with E-state index in [1.54, 1.807) is 0 Å². The number of halogens is 3. The third-order valence-corrected chi connectivity index (χ3v) is 4.83. The van der Waals surface area contributed by atoms with E-state index < -0.39 is 22.1 Å². The second kappa shape index (κ2) is 8.17. The molecule has 9 heteroatoms. The van der Waals surface area contributed by atoms with Crippen molar-refractivity contribution in [2.45, 2.75) is 51.0 Å². The SMILES string of the molecule is CC(C)N(CCNS(=O)(=O)c1ccc(OC(F)(F)F)cc1)C(C)C. The van der Waals surface area contributed by atoms with Gasteiger partial charge < -0.3 is 4.74 Å². The van der Waals surface area contributed by atoms with Gasteiger partial charge >= 0.3 is 6.36 Å². The van der Waals surface area contributed by atoms with Gasteiger partial charge in [0.1, 0.15) is 5.75 Å². The molecule has 138 valence electrons. The summed E-state index contributed by atoms with van der Waals surface area (Å²) in [5.41, 5.74) is 0. The van der Waals surface area contributed by atoms with E-state index >= 15 is 0 Å². The lowest BCUT2D eigenvalue weighted by molar-refractivity contribution is -0.274. The molecule has 0 heterocycles. The van der Waals surface area contributed by atoms with Crippen LogP contribution in [-0.4, -0.2) is 44.9 Å². The normalized spacial score (nSPS) is 13.1. The molecule has 0 fully saturated rings. The van der Waals surface area contributed by atoms with Crippen molar-refractivity contribution in [3.8, 4) is 5.75 Å². The van der Waals surface area contributed by atoms with Gasteiger partial charge in [0.25, 0.3) is 0 Å². The van der Waals surface area contributed by atoms with Crippen LogP contribution in [0.3, 0.4) is 0 Å². The van der Waals surface area contributed by atoms with Crippen LogP contribution >= 0.6 is 0 Å². The molecule has 0 radical (unpaired) electrons. The fourth-order valence-corrected chi connectivity index (χ4v) is 3.35. The van der Waals surface area contributed by atoms with Gasteiger partial charge in [0.15, 0.2) is 0 Å². The van der Waals surface area contributed by atoms with E-state index in [9.17, 15) is 21.6 Å². The fraction of sp³-hybridized carbons (Fsp3) is 0.600. The molecule has 0 bridgehead atoms. The Morgan fingerprint density at radius 3 is 2.00 bits per heavy atom. The van der Waals surface area contributed by atoms with Crippen molar-refractivity contribution in [3.63, 3.8) is 0 Å². The monoisotopic (exact) mass is 368 g/mol. The first-order valence-electron chi connectivity index (χ1n) is 7.53. The lowest BCUT2D eigenvalue weighted by atomic mass is 10.2. The number of alkyl halides is 3. The van der Waals surface area contributed by atoms with Crippen molar-refractivity contribution in [1.82, 2.24) is 9.62 Å². The average Bonchev–Trinajstić information content (AvgIpc) is 2.41. The number of nitrogens with one attached hydrogen (secondary N) is 1. The third kappa shape index (κ3) is 6.66. The molecule has 0 aliphatic rings. The predicted molar refractivity (Wildman–Crippen MR) is 85.3 cm³/mol. The maximum atomic E-state index is 12.2. The molecule has 5 nitrogen and oxygen atoms in total. The van der Waals surface area contributed by atoms with Crippen LogP contribution in [0.2, 0.25) is 0 Å². The Morgan fingerprint density at radius 1 is 1.08 bits per heavy atom. The fourth-order valence-electron chi connectivity index (χ4n) is 2.33. The molecule has 0 unspecified atom stereocenters. The van der Waals surface area contributed by atoms with Crippen molar-refractivity contribution in [2.24, 2.45) is 0 Å². The Balaban J connectivity index is 2.68. The molecule has 1 rings (SSSR count). The molecule has 0 aromatic heterocycles. The third-order valence-electron chi connectivity index (χ3n) is 3.36. The van der Waals surface area contributed by atoms with Gasteiger partial charge in [0.2, 0.25) is 10.0 Å². The number of hydrogen-bond acceptors (Lipinski definition) is 4. The van der Waals surface area contributed by atoms with Gasteiger partial charge in [-0.2, -0.15) is 0 Å². The van der Waals surface area contributed by atoms with Crippen molar-refractivity contribution >= 4 is 10.0 Å². The molecule has 0 saturated carbocycles. The molecule has 1 aromatic carbocycles. The maximum Gasteiger partial charge on any atom is 0.573 e. The lowest BCUT2D eigenvalue weighted by Crippen LogP contribution is -2.42. The Kier molecular flexibility index (Phi) is 7.06. The molecular formula is C15H23F3N2O3S. The van der Waals surface area contributed by atoms with Crippen LogP contribution in [0, 0.1) is 0 Å². The van der Waals surface area contributed by atoms with E-state index in [4.69, 9.17) is 0 Å². The molecule has 0 aliphatic heterocycles. The molecule has 0 atom stereocenters. The number of hydrogen-bond donors (Lipinski definition) is 1. The summed E-state index contributed by atoms with van der Waals surface area (Å²) in [5.74, 6) is -0.466. The van der Waals surface area contributed by atoms with E-state index in [1.165, 1.54) is 0 Å². The van der Waals surface area contributed by atoms with E-state index in [0.717, 1.165) is 24.3 Å². The number of nitrogens with zero attached hydrogens (tertiary/aromatic N) is 1.